The van der Waals surface area contributed by atoms with Crippen LogP contribution in [0.5, 0.6) is 28.7 Å². The van der Waals surface area contributed by atoms with E-state index in [1.807, 2.05) is 0 Å². The highest BCUT2D eigenvalue weighted by molar-refractivity contribution is 6.02. The number of aliphatic hydroxyl groups is 4. The summed E-state index contributed by atoms with van der Waals surface area (Å²) in [4.78, 5) is 12.5. The highest BCUT2D eigenvalue weighted by Crippen LogP contribution is 2.43. The fraction of sp³-hybridized carbons (Fsp3) is 0.381. The lowest BCUT2D eigenvalue weighted by Crippen LogP contribution is -2.60. The number of Topliss-reactive ketones (excluding diaryl/α,β-unsaturated/α-hetero) is 1. The van der Waals surface area contributed by atoms with Crippen LogP contribution >= 0.6 is 0 Å². The Labute approximate surface area is 181 Å². The minimum atomic E-state index is -1.62. The monoisotopic (exact) mass is 450 g/mol. The molecule has 0 aliphatic carbocycles. The van der Waals surface area contributed by atoms with Gasteiger partial charge in [-0.2, -0.15) is 0 Å². The van der Waals surface area contributed by atoms with Gasteiger partial charge >= 0.3 is 0 Å². The number of aromatic hydroxyl groups is 3. The number of fused-ring (bicyclic) bond motifs is 1. The predicted octanol–water partition coefficient (Wildman–Crippen LogP) is -0.311. The number of benzene rings is 2. The minimum Gasteiger partial charge on any atom is -0.508 e. The normalized spacial score (nSPS) is 29.8. The molecule has 7 N–H and O–H groups in total. The fourth-order valence-corrected chi connectivity index (χ4v) is 3.77. The van der Waals surface area contributed by atoms with E-state index in [9.17, 15) is 40.5 Å². The van der Waals surface area contributed by atoms with Crippen LogP contribution in [0.2, 0.25) is 0 Å². The second-order valence-corrected chi connectivity index (χ2v) is 7.61. The number of phenolic OH excluding ortho intramolecular Hbond substituents is 3. The van der Waals surface area contributed by atoms with Crippen molar-refractivity contribution in [2.45, 2.75) is 43.2 Å². The van der Waals surface area contributed by atoms with Crippen LogP contribution in [0.25, 0.3) is 0 Å². The number of ketones is 1. The van der Waals surface area contributed by atoms with E-state index in [0.29, 0.717) is 0 Å². The van der Waals surface area contributed by atoms with Crippen LogP contribution in [-0.2, 0) is 4.74 Å². The van der Waals surface area contributed by atoms with Crippen molar-refractivity contribution in [1.82, 2.24) is 0 Å². The first-order valence-corrected chi connectivity index (χ1v) is 9.75. The van der Waals surface area contributed by atoms with E-state index in [2.05, 4.69) is 0 Å². The Morgan fingerprint density at radius 2 is 1.72 bits per heavy atom. The fourth-order valence-electron chi connectivity index (χ4n) is 3.77. The smallest absolute Gasteiger partial charge is 0.229 e. The van der Waals surface area contributed by atoms with Crippen molar-refractivity contribution in [2.75, 3.05) is 6.61 Å². The first-order valence-electron chi connectivity index (χ1n) is 9.75. The third-order valence-corrected chi connectivity index (χ3v) is 5.43. The Balaban J connectivity index is 1.53. The molecule has 2 aliphatic rings. The zero-order valence-corrected chi connectivity index (χ0v) is 16.5. The van der Waals surface area contributed by atoms with E-state index >= 15 is 0 Å². The summed E-state index contributed by atoms with van der Waals surface area (Å²) < 4.78 is 16.4. The molecule has 0 spiro atoms. The van der Waals surface area contributed by atoms with Crippen LogP contribution in [0.15, 0.2) is 30.3 Å². The predicted molar refractivity (Wildman–Crippen MR) is 105 cm³/mol. The van der Waals surface area contributed by atoms with Crippen molar-refractivity contribution in [3.8, 4) is 28.7 Å². The maximum Gasteiger partial charge on any atom is 0.229 e. The van der Waals surface area contributed by atoms with Gasteiger partial charge in [0.15, 0.2) is 5.78 Å². The molecule has 172 valence electrons. The molecule has 2 aromatic rings. The molecule has 2 aliphatic heterocycles. The van der Waals surface area contributed by atoms with Gasteiger partial charge in [-0.3, -0.25) is 4.79 Å². The Hall–Kier alpha value is -3.09. The molecule has 6 atom stereocenters. The lowest BCUT2D eigenvalue weighted by Gasteiger charge is -2.39. The van der Waals surface area contributed by atoms with Gasteiger partial charge in [-0.15, -0.1) is 0 Å². The average molecular weight is 450 g/mol. The van der Waals surface area contributed by atoms with Crippen LogP contribution in [0.4, 0.5) is 0 Å². The quantitative estimate of drug-likeness (QED) is 0.324. The zero-order chi connectivity index (χ0) is 23.2. The maximum absolute atomic E-state index is 12.5. The number of phenols is 3. The Bertz CT molecular complexity index is 1020. The molecule has 0 bridgehead atoms. The molecule has 11 nitrogen and oxygen atoms in total. The van der Waals surface area contributed by atoms with Crippen LogP contribution < -0.4 is 9.47 Å². The SMILES string of the molecule is O=C1CC(c2ccc(OC3OC(CO)C(O)C(O)C3O)cc2O)Oc2cc(O)cc(O)c21. The van der Waals surface area contributed by atoms with Crippen molar-refractivity contribution in [3.63, 3.8) is 0 Å². The second kappa shape index (κ2) is 8.45. The molecule has 2 aromatic carbocycles. The average Bonchev–Trinajstić information content (AvgIpc) is 2.73. The summed E-state index contributed by atoms with van der Waals surface area (Å²) in [6.45, 7) is -0.616. The highest BCUT2D eigenvalue weighted by Gasteiger charge is 2.44. The van der Waals surface area contributed by atoms with E-state index < -0.39 is 54.9 Å². The molecule has 0 saturated carbocycles. The number of rotatable bonds is 4. The molecule has 2 heterocycles. The molecule has 0 aromatic heterocycles. The minimum absolute atomic E-state index is 0.0233. The first kappa shape index (κ1) is 22.1. The van der Waals surface area contributed by atoms with Gasteiger partial charge in [0, 0.05) is 23.8 Å². The van der Waals surface area contributed by atoms with Crippen molar-refractivity contribution < 1.29 is 54.8 Å². The van der Waals surface area contributed by atoms with Crippen LogP contribution in [0.3, 0.4) is 0 Å². The third-order valence-electron chi connectivity index (χ3n) is 5.43. The summed E-state index contributed by atoms with van der Waals surface area (Å²) in [6, 6.07) is 6.22. The number of ether oxygens (including phenoxy) is 3. The summed E-state index contributed by atoms with van der Waals surface area (Å²) in [6.07, 6.45) is -8.43. The summed E-state index contributed by atoms with van der Waals surface area (Å²) in [5.41, 5.74) is 0.175. The van der Waals surface area contributed by atoms with Crippen molar-refractivity contribution in [1.29, 1.82) is 0 Å². The molecule has 11 heteroatoms. The number of aliphatic hydroxyl groups excluding tert-OH is 4. The van der Waals surface area contributed by atoms with Gasteiger partial charge in [-0.1, -0.05) is 0 Å². The summed E-state index contributed by atoms with van der Waals surface area (Å²) >= 11 is 0. The van der Waals surface area contributed by atoms with E-state index in [4.69, 9.17) is 14.2 Å². The lowest BCUT2D eigenvalue weighted by atomic mass is 9.95. The van der Waals surface area contributed by atoms with Gasteiger partial charge in [0.05, 0.1) is 13.0 Å². The number of carbonyl (C=O) groups excluding carboxylic acids is 1. The number of carbonyl (C=O) groups is 1. The highest BCUT2D eigenvalue weighted by atomic mass is 16.7. The third kappa shape index (κ3) is 3.92. The summed E-state index contributed by atoms with van der Waals surface area (Å²) in [7, 11) is 0. The molecule has 1 fully saturated rings. The molecule has 0 amide bonds. The molecule has 1 saturated heterocycles. The van der Waals surface area contributed by atoms with Crippen molar-refractivity contribution in [2.24, 2.45) is 0 Å². The van der Waals surface area contributed by atoms with E-state index in [0.717, 1.165) is 6.07 Å². The van der Waals surface area contributed by atoms with Crippen LogP contribution in [0, 0.1) is 0 Å². The van der Waals surface area contributed by atoms with Gasteiger partial charge in [0.25, 0.3) is 0 Å². The summed E-state index contributed by atoms with van der Waals surface area (Å²) in [5.74, 6) is -1.43. The largest absolute Gasteiger partial charge is 0.508 e. The maximum atomic E-state index is 12.5. The number of hydrogen-bond donors (Lipinski definition) is 7. The number of hydrogen-bond acceptors (Lipinski definition) is 11. The van der Waals surface area contributed by atoms with Gasteiger partial charge in [-0.05, 0) is 12.1 Å². The second-order valence-electron chi connectivity index (χ2n) is 7.61. The lowest BCUT2D eigenvalue weighted by molar-refractivity contribution is -0.277. The van der Waals surface area contributed by atoms with Crippen LogP contribution in [0.1, 0.15) is 28.4 Å². The standard InChI is InChI=1S/C21H22O11/c22-7-16-18(27)19(28)20(29)21(32-16)30-9-1-2-10(11(24)5-9)14-6-13(26)17-12(25)3-8(23)4-15(17)31-14/h1-5,14,16,18-25,27-29H,6-7H2. The van der Waals surface area contributed by atoms with E-state index in [-0.39, 0.29) is 40.5 Å². The topological polar surface area (TPSA) is 186 Å². The van der Waals surface area contributed by atoms with Gasteiger partial charge in [0.1, 0.15) is 64.8 Å². The van der Waals surface area contributed by atoms with Crippen molar-refractivity contribution in [3.05, 3.63) is 41.5 Å². The van der Waals surface area contributed by atoms with Crippen molar-refractivity contribution >= 4 is 5.78 Å². The van der Waals surface area contributed by atoms with Gasteiger partial charge < -0.3 is 50.0 Å². The van der Waals surface area contributed by atoms with E-state index in [1.165, 1.54) is 24.3 Å². The Morgan fingerprint density at radius 3 is 2.41 bits per heavy atom. The van der Waals surface area contributed by atoms with E-state index in [1.54, 1.807) is 0 Å². The molecule has 32 heavy (non-hydrogen) atoms. The zero-order valence-electron chi connectivity index (χ0n) is 16.5. The molecular weight excluding hydrogens is 428 g/mol. The van der Waals surface area contributed by atoms with Gasteiger partial charge in [-0.25, -0.2) is 0 Å². The van der Waals surface area contributed by atoms with Gasteiger partial charge in [0.2, 0.25) is 6.29 Å². The first-order chi connectivity index (χ1) is 15.2. The Kier molecular flexibility index (Phi) is 5.84. The molecular formula is C21H22O11. The Morgan fingerprint density at radius 1 is 0.969 bits per heavy atom. The summed E-state index contributed by atoms with van der Waals surface area (Å²) in [5, 5.41) is 69.0. The molecule has 6 unspecified atom stereocenters. The van der Waals surface area contributed by atoms with Crippen LogP contribution in [-0.4, -0.2) is 78.8 Å². The molecule has 4 rings (SSSR count). The molecule has 0 radical (unpaired) electrons.